The highest BCUT2D eigenvalue weighted by Gasteiger charge is 2.34. The third kappa shape index (κ3) is 5.05. The van der Waals surface area contributed by atoms with Crippen molar-refractivity contribution in [2.24, 2.45) is 0 Å². The number of ether oxygens (including phenoxy) is 4. The third-order valence-corrected chi connectivity index (χ3v) is 7.49. The summed E-state index contributed by atoms with van der Waals surface area (Å²) in [7, 11) is -1.31. The number of hydrogen-bond donors (Lipinski definition) is 1. The van der Waals surface area contributed by atoms with Crippen molar-refractivity contribution < 1.29 is 31.8 Å². The molecule has 3 atom stereocenters. The van der Waals surface area contributed by atoms with Crippen molar-refractivity contribution in [1.29, 1.82) is 0 Å². The SMILES string of the molecule is COc1ncnc(OC)c1-n1c(NS(=O)(=O)[C@@H](C)[C@H](C)c2ncc(F)cn2)nnc1[C@@H]1COCCO1. The van der Waals surface area contributed by atoms with Crippen LogP contribution in [0, 0.1) is 5.82 Å². The van der Waals surface area contributed by atoms with Gasteiger partial charge in [0.2, 0.25) is 27.7 Å². The first-order chi connectivity index (χ1) is 17.3. The minimum atomic E-state index is -4.10. The number of rotatable bonds is 9. The van der Waals surface area contributed by atoms with Gasteiger partial charge in [0, 0.05) is 5.92 Å². The van der Waals surface area contributed by atoms with E-state index >= 15 is 0 Å². The van der Waals surface area contributed by atoms with Gasteiger partial charge in [0.05, 0.1) is 51.7 Å². The van der Waals surface area contributed by atoms with Crippen LogP contribution in [0.4, 0.5) is 10.3 Å². The Labute approximate surface area is 206 Å². The van der Waals surface area contributed by atoms with E-state index < -0.39 is 33.1 Å². The number of nitrogens with one attached hydrogen (secondary N) is 1. The van der Waals surface area contributed by atoms with Crippen LogP contribution in [0.1, 0.15) is 37.5 Å². The molecule has 14 nitrogen and oxygen atoms in total. The Morgan fingerprint density at radius 3 is 2.33 bits per heavy atom. The first kappa shape index (κ1) is 25.6. The topological polar surface area (TPSA) is 165 Å². The van der Waals surface area contributed by atoms with Gasteiger partial charge in [-0.1, -0.05) is 6.92 Å². The van der Waals surface area contributed by atoms with Crippen LogP contribution in [0.3, 0.4) is 0 Å². The summed E-state index contributed by atoms with van der Waals surface area (Å²) in [6.07, 6.45) is 2.54. The predicted octanol–water partition coefficient (Wildman–Crippen LogP) is 1.03. The molecule has 1 aliphatic heterocycles. The second-order valence-electron chi connectivity index (χ2n) is 7.79. The molecular weight excluding hydrogens is 499 g/mol. The molecule has 4 rings (SSSR count). The summed E-state index contributed by atoms with van der Waals surface area (Å²) in [5, 5.41) is 7.20. The molecule has 3 aromatic heterocycles. The molecule has 194 valence electrons. The molecular formula is C20H25FN8O6S. The fourth-order valence-electron chi connectivity index (χ4n) is 3.52. The highest BCUT2D eigenvalue weighted by atomic mass is 32.2. The van der Waals surface area contributed by atoms with Gasteiger partial charge in [0.15, 0.2) is 17.3 Å². The van der Waals surface area contributed by atoms with Crippen LogP contribution in [0.25, 0.3) is 5.69 Å². The van der Waals surface area contributed by atoms with E-state index in [1.807, 2.05) is 0 Å². The Morgan fingerprint density at radius 1 is 1.08 bits per heavy atom. The molecule has 0 saturated carbocycles. The average molecular weight is 525 g/mol. The summed E-state index contributed by atoms with van der Waals surface area (Å²) in [5.74, 6) is -0.919. The largest absolute Gasteiger partial charge is 0.479 e. The van der Waals surface area contributed by atoms with Crippen LogP contribution in [-0.4, -0.2) is 82.4 Å². The molecule has 0 aromatic carbocycles. The summed E-state index contributed by atoms with van der Waals surface area (Å²) in [6, 6.07) is 0. The van der Waals surface area contributed by atoms with Crippen LogP contribution < -0.4 is 14.2 Å². The zero-order valence-electron chi connectivity index (χ0n) is 20.0. The van der Waals surface area contributed by atoms with E-state index in [0.29, 0.717) is 13.2 Å². The van der Waals surface area contributed by atoms with E-state index in [4.69, 9.17) is 18.9 Å². The summed E-state index contributed by atoms with van der Waals surface area (Å²) in [6.45, 7) is 3.98. The molecule has 36 heavy (non-hydrogen) atoms. The van der Waals surface area contributed by atoms with Crippen molar-refractivity contribution in [1.82, 2.24) is 34.7 Å². The number of anilines is 1. The number of hydrogen-bond acceptors (Lipinski definition) is 12. The molecule has 16 heteroatoms. The summed E-state index contributed by atoms with van der Waals surface area (Å²) in [4.78, 5) is 16.0. The van der Waals surface area contributed by atoms with Crippen molar-refractivity contribution in [3.05, 3.63) is 36.2 Å². The number of methoxy groups -OCH3 is 2. The molecule has 1 fully saturated rings. The number of halogens is 1. The molecule has 1 N–H and O–H groups in total. The Kier molecular flexibility index (Phi) is 7.56. The van der Waals surface area contributed by atoms with Gasteiger partial charge in [0.25, 0.3) is 0 Å². The standard InChI is InChI=1S/C20H25FN8O6S/c1-11(16-22-7-13(21)8-23-16)12(2)36(30,31)28-20-27-26-17(14-9-34-5-6-35-14)29(20)15-18(32-3)24-10-25-19(15)33-4/h7-8,10-12,14H,5-6,9H2,1-4H3,(H,27,28)/t11-,12-,14-/m0/s1. The minimum Gasteiger partial charge on any atom is -0.479 e. The zero-order valence-corrected chi connectivity index (χ0v) is 20.8. The van der Waals surface area contributed by atoms with Gasteiger partial charge in [-0.05, 0) is 6.92 Å². The molecule has 0 radical (unpaired) electrons. The summed E-state index contributed by atoms with van der Waals surface area (Å²) < 4.78 is 65.9. The molecule has 0 aliphatic carbocycles. The molecule has 4 heterocycles. The Bertz CT molecular complexity index is 1280. The molecule has 0 bridgehead atoms. The normalized spacial score (nSPS) is 17.9. The highest BCUT2D eigenvalue weighted by Crippen LogP contribution is 2.35. The molecule has 3 aromatic rings. The lowest BCUT2D eigenvalue weighted by Crippen LogP contribution is -2.32. The van der Waals surface area contributed by atoms with Crippen molar-refractivity contribution in [2.45, 2.75) is 31.1 Å². The molecule has 0 unspecified atom stereocenters. The van der Waals surface area contributed by atoms with Gasteiger partial charge in [-0.3, -0.25) is 9.29 Å². The lowest BCUT2D eigenvalue weighted by molar-refractivity contribution is -0.0941. The van der Waals surface area contributed by atoms with Gasteiger partial charge in [-0.25, -0.2) is 22.8 Å². The second kappa shape index (κ2) is 10.6. The van der Waals surface area contributed by atoms with Gasteiger partial charge in [-0.2, -0.15) is 9.97 Å². The van der Waals surface area contributed by atoms with E-state index in [2.05, 4.69) is 34.9 Å². The fourth-order valence-corrected chi connectivity index (χ4v) is 4.75. The Morgan fingerprint density at radius 2 is 1.75 bits per heavy atom. The van der Waals surface area contributed by atoms with E-state index in [1.54, 1.807) is 6.92 Å². The Hall–Kier alpha value is -3.50. The van der Waals surface area contributed by atoms with Crippen molar-refractivity contribution >= 4 is 16.0 Å². The van der Waals surface area contributed by atoms with Gasteiger partial charge in [-0.15, -0.1) is 10.2 Å². The van der Waals surface area contributed by atoms with Crippen molar-refractivity contribution in [3.63, 3.8) is 0 Å². The quantitative estimate of drug-likeness (QED) is 0.423. The summed E-state index contributed by atoms with van der Waals surface area (Å²) in [5.41, 5.74) is 0.164. The molecule has 0 amide bonds. The maximum Gasteiger partial charge on any atom is 0.245 e. The lowest BCUT2D eigenvalue weighted by atomic mass is 10.1. The minimum absolute atomic E-state index is 0.0844. The third-order valence-electron chi connectivity index (χ3n) is 5.63. The molecule has 1 aliphatic rings. The number of sulfonamides is 1. The van der Waals surface area contributed by atoms with Crippen LogP contribution in [-0.2, 0) is 19.5 Å². The maximum atomic E-state index is 13.4. The smallest absolute Gasteiger partial charge is 0.245 e. The lowest BCUT2D eigenvalue weighted by Gasteiger charge is -2.24. The fraction of sp³-hybridized carbons (Fsp3) is 0.500. The van der Waals surface area contributed by atoms with E-state index in [1.165, 1.54) is 32.0 Å². The van der Waals surface area contributed by atoms with Crippen LogP contribution in [0.2, 0.25) is 0 Å². The average Bonchev–Trinajstić information content (AvgIpc) is 3.30. The van der Waals surface area contributed by atoms with Crippen LogP contribution in [0.5, 0.6) is 11.8 Å². The first-order valence-corrected chi connectivity index (χ1v) is 12.4. The van der Waals surface area contributed by atoms with Gasteiger partial charge < -0.3 is 18.9 Å². The second-order valence-corrected chi connectivity index (χ2v) is 9.83. The van der Waals surface area contributed by atoms with E-state index in [0.717, 1.165) is 12.4 Å². The van der Waals surface area contributed by atoms with Gasteiger partial charge in [0.1, 0.15) is 18.3 Å². The monoisotopic (exact) mass is 524 g/mol. The predicted molar refractivity (Wildman–Crippen MR) is 122 cm³/mol. The molecule has 1 saturated heterocycles. The number of aromatic nitrogens is 7. The van der Waals surface area contributed by atoms with E-state index in [9.17, 15) is 12.8 Å². The van der Waals surface area contributed by atoms with E-state index in [-0.39, 0.29) is 41.7 Å². The molecule has 0 spiro atoms. The summed E-state index contributed by atoms with van der Waals surface area (Å²) >= 11 is 0. The van der Waals surface area contributed by atoms with Crippen molar-refractivity contribution in [3.8, 4) is 17.4 Å². The van der Waals surface area contributed by atoms with Crippen LogP contribution in [0.15, 0.2) is 18.7 Å². The zero-order chi connectivity index (χ0) is 25.9. The van der Waals surface area contributed by atoms with Crippen molar-refractivity contribution in [2.75, 3.05) is 38.8 Å². The maximum absolute atomic E-state index is 13.4. The Balaban J connectivity index is 1.77. The van der Waals surface area contributed by atoms with Crippen LogP contribution >= 0.6 is 0 Å². The number of nitrogens with zero attached hydrogens (tertiary/aromatic N) is 7. The van der Waals surface area contributed by atoms with Gasteiger partial charge >= 0.3 is 0 Å². The first-order valence-electron chi connectivity index (χ1n) is 10.8. The highest BCUT2D eigenvalue weighted by molar-refractivity contribution is 7.93.